The van der Waals surface area contributed by atoms with Crippen LogP contribution < -0.4 is 18.9 Å². The van der Waals surface area contributed by atoms with Gasteiger partial charge in [-0.05, 0) is 5.51 Å². The first-order valence-corrected chi connectivity index (χ1v) is 4.16. The van der Waals surface area contributed by atoms with Crippen molar-refractivity contribution in [3.05, 3.63) is 42.0 Å². The minimum atomic E-state index is 0. The van der Waals surface area contributed by atoms with Gasteiger partial charge in [-0.25, -0.2) is 0 Å². The van der Waals surface area contributed by atoms with Crippen LogP contribution in [0.2, 0.25) is 0 Å². The van der Waals surface area contributed by atoms with Crippen molar-refractivity contribution in [1.29, 1.82) is 0 Å². The van der Waals surface area contributed by atoms with E-state index in [1.165, 1.54) is 21.8 Å². The Morgan fingerprint density at radius 3 is 2.50 bits per heavy atom. The molecule has 0 bridgehead atoms. The smallest absolute Gasteiger partial charge is 0.394 e. The first-order chi connectivity index (χ1) is 5.47. The Morgan fingerprint density at radius 2 is 1.92 bits per heavy atom. The molecular formula is C9H6LiNS. The van der Waals surface area contributed by atoms with Gasteiger partial charge in [-0.3, -0.25) is 11.3 Å². The van der Waals surface area contributed by atoms with Crippen LogP contribution in [0.5, 0.6) is 0 Å². The third kappa shape index (κ3) is 1.98. The Bertz CT molecular complexity index is 318. The van der Waals surface area contributed by atoms with E-state index >= 15 is 0 Å². The Labute approximate surface area is 87.6 Å². The van der Waals surface area contributed by atoms with E-state index in [1.54, 1.807) is 0 Å². The third-order valence-corrected chi connectivity index (χ3v) is 2.21. The van der Waals surface area contributed by atoms with Crippen molar-refractivity contribution in [3.63, 3.8) is 0 Å². The monoisotopic (exact) mass is 167 g/mol. The van der Waals surface area contributed by atoms with Crippen molar-refractivity contribution in [2.24, 2.45) is 0 Å². The van der Waals surface area contributed by atoms with Crippen LogP contribution in [0.3, 0.4) is 0 Å². The number of hydrogen-bond donors (Lipinski definition) is 0. The second-order valence-electron chi connectivity index (χ2n) is 2.18. The van der Waals surface area contributed by atoms with Gasteiger partial charge in [0, 0.05) is 0 Å². The van der Waals surface area contributed by atoms with Crippen molar-refractivity contribution in [3.8, 4) is 10.4 Å². The number of aromatic nitrogens is 1. The van der Waals surface area contributed by atoms with E-state index in [-0.39, 0.29) is 18.9 Å². The Kier molecular flexibility index (Phi) is 3.55. The van der Waals surface area contributed by atoms with E-state index in [2.05, 4.69) is 22.6 Å². The van der Waals surface area contributed by atoms with Crippen LogP contribution in [-0.2, 0) is 0 Å². The van der Waals surface area contributed by atoms with Crippen LogP contribution in [0.25, 0.3) is 10.4 Å². The van der Waals surface area contributed by atoms with Gasteiger partial charge in [0.15, 0.2) is 0 Å². The van der Waals surface area contributed by atoms with E-state index in [0.717, 1.165) is 0 Å². The van der Waals surface area contributed by atoms with Gasteiger partial charge in [-0.1, -0.05) is 35.9 Å². The Morgan fingerprint density at radius 1 is 1.17 bits per heavy atom. The normalized spacial score (nSPS) is 9.00. The molecule has 3 heteroatoms. The number of thiazole rings is 1. The van der Waals surface area contributed by atoms with Gasteiger partial charge in [0.1, 0.15) is 0 Å². The summed E-state index contributed by atoms with van der Waals surface area (Å²) in [4.78, 5) is 5.06. The molecule has 0 atom stereocenters. The Balaban J connectivity index is 0.000000720. The van der Waals surface area contributed by atoms with E-state index in [9.17, 15) is 0 Å². The van der Waals surface area contributed by atoms with E-state index in [0.29, 0.717) is 0 Å². The van der Waals surface area contributed by atoms with Gasteiger partial charge < -0.3 is 4.98 Å². The number of nitrogens with zero attached hydrogens (tertiary/aromatic N) is 1. The molecule has 0 aliphatic heterocycles. The summed E-state index contributed by atoms with van der Waals surface area (Å²) in [6, 6.07) is 10.2. The average Bonchev–Trinajstić information content (AvgIpc) is 2.58. The molecule has 0 saturated carbocycles. The van der Waals surface area contributed by atoms with Gasteiger partial charge in [0.2, 0.25) is 0 Å². The van der Waals surface area contributed by atoms with E-state index in [4.69, 9.17) is 0 Å². The molecule has 1 nitrogen and oxygen atoms in total. The molecular weight excluding hydrogens is 161 g/mol. The fraction of sp³-hybridized carbons (Fsp3) is 0. The van der Waals surface area contributed by atoms with Crippen molar-refractivity contribution in [1.82, 2.24) is 4.98 Å². The molecule has 0 fully saturated rings. The van der Waals surface area contributed by atoms with Gasteiger partial charge in [-0.15, -0.1) is 11.1 Å². The zero-order valence-corrected chi connectivity index (χ0v) is 7.64. The molecule has 0 aliphatic rings. The largest absolute Gasteiger partial charge is 1.00 e. The number of rotatable bonds is 1. The fourth-order valence-corrected chi connectivity index (χ4v) is 1.49. The molecule has 12 heavy (non-hydrogen) atoms. The molecule has 0 unspecified atom stereocenters. The van der Waals surface area contributed by atoms with Crippen LogP contribution in [0.15, 0.2) is 36.5 Å². The summed E-state index contributed by atoms with van der Waals surface area (Å²) in [7, 11) is 0. The summed E-state index contributed by atoms with van der Waals surface area (Å²) in [6.45, 7) is 0. The van der Waals surface area contributed by atoms with E-state index in [1.807, 2.05) is 24.4 Å². The van der Waals surface area contributed by atoms with Crippen LogP contribution in [0.4, 0.5) is 0 Å². The average molecular weight is 167 g/mol. The first kappa shape index (κ1) is 9.53. The molecule has 1 aromatic carbocycles. The van der Waals surface area contributed by atoms with E-state index < -0.39 is 0 Å². The van der Waals surface area contributed by atoms with Gasteiger partial charge in [-0.2, -0.15) is 0 Å². The second kappa shape index (κ2) is 4.47. The molecule has 54 valence electrons. The predicted molar refractivity (Wildman–Crippen MR) is 46.4 cm³/mol. The van der Waals surface area contributed by atoms with Crippen LogP contribution in [-0.4, -0.2) is 4.98 Å². The number of benzene rings is 1. The molecule has 2 rings (SSSR count). The summed E-state index contributed by atoms with van der Waals surface area (Å²) in [5, 5.41) is 0. The maximum atomic E-state index is 3.89. The maximum Gasteiger partial charge on any atom is 1.00 e. The zero-order chi connectivity index (χ0) is 7.52. The van der Waals surface area contributed by atoms with Crippen LogP contribution in [0.1, 0.15) is 0 Å². The molecule has 0 saturated heterocycles. The first-order valence-electron chi connectivity index (χ1n) is 3.34. The van der Waals surface area contributed by atoms with Crippen LogP contribution >= 0.6 is 11.3 Å². The molecule has 1 heterocycles. The number of hydrogen-bond acceptors (Lipinski definition) is 2. The molecule has 0 spiro atoms. The quantitative estimate of drug-likeness (QED) is 0.416. The molecule has 0 radical (unpaired) electrons. The second-order valence-corrected chi connectivity index (χ2v) is 3.01. The minimum Gasteiger partial charge on any atom is -0.394 e. The summed E-state index contributed by atoms with van der Waals surface area (Å²) in [5.74, 6) is 0. The van der Waals surface area contributed by atoms with Gasteiger partial charge >= 0.3 is 18.9 Å². The van der Waals surface area contributed by atoms with Crippen molar-refractivity contribution in [2.75, 3.05) is 0 Å². The molecule has 0 aliphatic carbocycles. The van der Waals surface area contributed by atoms with Gasteiger partial charge in [0.25, 0.3) is 0 Å². The SMILES string of the molecule is [Li+].[c-]1ncc(-c2ccccc2)s1. The predicted octanol–water partition coefficient (Wildman–Crippen LogP) is -0.386. The summed E-state index contributed by atoms with van der Waals surface area (Å²) < 4.78 is 0. The van der Waals surface area contributed by atoms with Crippen LogP contribution in [0, 0.1) is 5.51 Å². The zero-order valence-electron chi connectivity index (χ0n) is 6.82. The third-order valence-electron chi connectivity index (χ3n) is 1.45. The molecule has 2 aromatic rings. The standard InChI is InChI=1S/C9H6NS.Li/c1-2-4-8(5-3-1)9-6-10-7-11-9;/h1-6H;/q-1;+1. The molecule has 0 amide bonds. The molecule has 0 N–H and O–H groups in total. The fourth-order valence-electron chi connectivity index (χ4n) is 0.923. The van der Waals surface area contributed by atoms with Crippen molar-refractivity contribution in [2.45, 2.75) is 0 Å². The topological polar surface area (TPSA) is 12.9 Å². The summed E-state index contributed by atoms with van der Waals surface area (Å²) in [5.41, 5.74) is 4.03. The minimum absolute atomic E-state index is 0. The van der Waals surface area contributed by atoms with Gasteiger partial charge in [0.05, 0.1) is 0 Å². The summed E-state index contributed by atoms with van der Waals surface area (Å²) >= 11 is 1.54. The maximum absolute atomic E-state index is 3.89. The Hall–Kier alpha value is -0.553. The summed E-state index contributed by atoms with van der Waals surface area (Å²) in [6.07, 6.45) is 1.83. The molecule has 1 aromatic heterocycles. The van der Waals surface area contributed by atoms with Crippen molar-refractivity contribution < 1.29 is 18.9 Å². The van der Waals surface area contributed by atoms with Crippen molar-refractivity contribution >= 4 is 11.3 Å².